The zero-order chi connectivity index (χ0) is 30.0. The van der Waals surface area contributed by atoms with Crippen molar-refractivity contribution < 1.29 is 33.4 Å². The van der Waals surface area contributed by atoms with Crippen LogP contribution in [0.2, 0.25) is 0 Å². The highest BCUT2D eigenvalue weighted by Crippen LogP contribution is 2.31. The zero-order valence-corrected chi connectivity index (χ0v) is 24.5. The van der Waals surface area contributed by atoms with Gasteiger partial charge < -0.3 is 19.1 Å². The predicted octanol–water partition coefficient (Wildman–Crippen LogP) is 6.27. The van der Waals surface area contributed by atoms with E-state index in [1.807, 2.05) is 24.3 Å². The first-order chi connectivity index (χ1) is 19.4. The first-order valence-corrected chi connectivity index (χ1v) is 13.8. The maximum absolute atomic E-state index is 13.9. The average molecular weight is 562 g/mol. The van der Waals surface area contributed by atoms with Crippen molar-refractivity contribution in [3.63, 3.8) is 0 Å². The minimum atomic E-state index is -0.616. The van der Waals surface area contributed by atoms with Crippen LogP contribution in [0.4, 0.5) is 5.69 Å². The topological polar surface area (TPSA) is 99.2 Å². The van der Waals surface area contributed by atoms with Gasteiger partial charge in [0.25, 0.3) is 0 Å². The number of amides is 1. The summed E-state index contributed by atoms with van der Waals surface area (Å²) in [5.74, 6) is -1.27. The van der Waals surface area contributed by atoms with Crippen LogP contribution < -0.4 is 9.64 Å². The van der Waals surface area contributed by atoms with Gasteiger partial charge in [-0.15, -0.1) is 0 Å². The standard InChI is InChI=1S/C33H39NO7/c1-23(35)40-29-21-25(16-19-31(37)41-33(2,3)4)14-17-27(29)22-34(32(38)26-11-7-6-8-12-26)28-13-9-10-24(20-28)15-18-30(36)39-5/h9-10,13-21,26H,6-8,11-12,22H2,1-5H3/b18-15+,19-16+. The molecule has 0 radical (unpaired) electrons. The normalized spacial score (nSPS) is 14.2. The number of anilines is 1. The molecule has 0 spiro atoms. The van der Waals surface area contributed by atoms with Gasteiger partial charge in [0.1, 0.15) is 11.4 Å². The number of nitrogens with zero attached hydrogens (tertiary/aromatic N) is 1. The van der Waals surface area contributed by atoms with Crippen LogP contribution in [0.5, 0.6) is 5.75 Å². The minimum Gasteiger partial charge on any atom is -0.466 e. The molecule has 1 fully saturated rings. The molecule has 41 heavy (non-hydrogen) atoms. The number of benzene rings is 2. The number of hydrogen-bond acceptors (Lipinski definition) is 7. The van der Waals surface area contributed by atoms with Crippen molar-refractivity contribution in [3.8, 4) is 5.75 Å². The monoisotopic (exact) mass is 561 g/mol. The van der Waals surface area contributed by atoms with E-state index < -0.39 is 23.5 Å². The number of esters is 3. The van der Waals surface area contributed by atoms with Gasteiger partial charge in [0.2, 0.25) is 5.91 Å². The molecule has 8 heteroatoms. The van der Waals surface area contributed by atoms with Gasteiger partial charge in [-0.05, 0) is 75.1 Å². The number of rotatable bonds is 9. The summed E-state index contributed by atoms with van der Waals surface area (Å²) in [6.07, 6.45) is 10.6. The molecule has 0 unspecified atom stereocenters. The number of carbonyl (C=O) groups excluding carboxylic acids is 4. The van der Waals surface area contributed by atoms with Crippen LogP contribution in [0.15, 0.2) is 54.6 Å². The van der Waals surface area contributed by atoms with Crippen LogP contribution in [0.3, 0.4) is 0 Å². The Kier molecular flexibility index (Phi) is 11.0. The van der Waals surface area contributed by atoms with Crippen molar-refractivity contribution in [2.45, 2.75) is 71.9 Å². The second kappa shape index (κ2) is 14.4. The first-order valence-electron chi connectivity index (χ1n) is 13.8. The van der Waals surface area contributed by atoms with E-state index in [1.54, 1.807) is 56.0 Å². The van der Waals surface area contributed by atoms with E-state index in [0.29, 0.717) is 22.6 Å². The molecule has 0 N–H and O–H groups in total. The second-order valence-electron chi connectivity index (χ2n) is 11.0. The van der Waals surface area contributed by atoms with Crippen molar-refractivity contribution in [1.82, 2.24) is 0 Å². The van der Waals surface area contributed by atoms with E-state index in [2.05, 4.69) is 0 Å². The lowest BCUT2D eigenvalue weighted by Crippen LogP contribution is -2.37. The molecule has 3 rings (SSSR count). The summed E-state index contributed by atoms with van der Waals surface area (Å²) in [5, 5.41) is 0. The summed E-state index contributed by atoms with van der Waals surface area (Å²) >= 11 is 0. The quantitative estimate of drug-likeness (QED) is 0.202. The molecule has 0 atom stereocenters. The third kappa shape index (κ3) is 10.0. The summed E-state index contributed by atoms with van der Waals surface area (Å²) in [6, 6.07) is 12.6. The van der Waals surface area contributed by atoms with Crippen molar-refractivity contribution >= 4 is 41.7 Å². The van der Waals surface area contributed by atoms with Gasteiger partial charge in [0.05, 0.1) is 13.7 Å². The van der Waals surface area contributed by atoms with Crippen LogP contribution in [0.25, 0.3) is 12.2 Å². The van der Waals surface area contributed by atoms with Crippen LogP contribution in [0.1, 0.15) is 76.5 Å². The maximum Gasteiger partial charge on any atom is 0.331 e. The smallest absolute Gasteiger partial charge is 0.331 e. The predicted molar refractivity (Wildman–Crippen MR) is 158 cm³/mol. The van der Waals surface area contributed by atoms with Gasteiger partial charge in [0.15, 0.2) is 0 Å². The van der Waals surface area contributed by atoms with E-state index in [9.17, 15) is 19.2 Å². The number of ether oxygens (including phenoxy) is 3. The SMILES string of the molecule is COC(=O)/C=C/c1cccc(N(Cc2ccc(/C=C/C(=O)OC(C)(C)C)cc2OC(C)=O)C(=O)C2CCCCC2)c1. The minimum absolute atomic E-state index is 0.00136. The van der Waals surface area contributed by atoms with Crippen LogP contribution in [0, 0.1) is 5.92 Å². The highest BCUT2D eigenvalue weighted by atomic mass is 16.6. The molecule has 0 heterocycles. The summed E-state index contributed by atoms with van der Waals surface area (Å²) in [7, 11) is 1.31. The third-order valence-corrected chi connectivity index (χ3v) is 6.51. The van der Waals surface area contributed by atoms with Crippen molar-refractivity contribution in [2.75, 3.05) is 12.0 Å². The highest BCUT2D eigenvalue weighted by Gasteiger charge is 2.28. The number of hydrogen-bond donors (Lipinski definition) is 0. The highest BCUT2D eigenvalue weighted by molar-refractivity contribution is 5.96. The molecule has 1 amide bonds. The molecule has 1 aliphatic carbocycles. The van der Waals surface area contributed by atoms with Gasteiger partial charge in [-0.25, -0.2) is 9.59 Å². The molecular formula is C33H39NO7. The van der Waals surface area contributed by atoms with Crippen molar-refractivity contribution in [1.29, 1.82) is 0 Å². The fraction of sp³-hybridized carbons (Fsp3) is 0.394. The molecule has 2 aromatic carbocycles. The molecule has 0 bridgehead atoms. The van der Waals surface area contributed by atoms with Crippen LogP contribution in [-0.4, -0.2) is 36.5 Å². The van der Waals surface area contributed by atoms with Crippen LogP contribution in [-0.2, 0) is 35.2 Å². The summed E-state index contributed by atoms with van der Waals surface area (Å²) in [4.78, 5) is 51.3. The zero-order valence-electron chi connectivity index (χ0n) is 24.5. The average Bonchev–Trinajstić information content (AvgIpc) is 2.93. The summed E-state index contributed by atoms with van der Waals surface area (Å²) < 4.78 is 15.6. The van der Waals surface area contributed by atoms with Crippen molar-refractivity contribution in [3.05, 3.63) is 71.3 Å². The lowest BCUT2D eigenvalue weighted by atomic mass is 9.88. The molecule has 2 aromatic rings. The maximum atomic E-state index is 13.9. The Hall–Kier alpha value is -4.20. The van der Waals surface area contributed by atoms with Crippen molar-refractivity contribution in [2.24, 2.45) is 5.92 Å². The lowest BCUT2D eigenvalue weighted by Gasteiger charge is -2.30. The number of methoxy groups -OCH3 is 1. The third-order valence-electron chi connectivity index (χ3n) is 6.51. The van der Waals surface area contributed by atoms with E-state index in [1.165, 1.54) is 26.2 Å². The summed E-state index contributed by atoms with van der Waals surface area (Å²) in [5.41, 5.74) is 2.05. The van der Waals surface area contributed by atoms with Gasteiger partial charge in [-0.1, -0.05) is 43.5 Å². The molecule has 218 valence electrons. The Morgan fingerprint density at radius 3 is 2.20 bits per heavy atom. The van der Waals surface area contributed by atoms with Gasteiger partial charge in [-0.2, -0.15) is 0 Å². The lowest BCUT2D eigenvalue weighted by molar-refractivity contribution is -0.148. The number of carbonyl (C=O) groups is 4. The Morgan fingerprint density at radius 2 is 1.56 bits per heavy atom. The molecule has 0 aliphatic heterocycles. The van der Waals surface area contributed by atoms with Gasteiger partial charge >= 0.3 is 17.9 Å². The fourth-order valence-corrected chi connectivity index (χ4v) is 4.62. The Balaban J connectivity index is 1.97. The molecule has 8 nitrogen and oxygen atoms in total. The van der Waals surface area contributed by atoms with Gasteiger partial charge in [0, 0.05) is 36.2 Å². The van der Waals surface area contributed by atoms with Gasteiger partial charge in [-0.3, -0.25) is 9.59 Å². The second-order valence-corrected chi connectivity index (χ2v) is 11.0. The molecular weight excluding hydrogens is 522 g/mol. The summed E-state index contributed by atoms with van der Waals surface area (Å²) in [6.45, 7) is 6.85. The molecule has 0 saturated heterocycles. The molecule has 0 aromatic heterocycles. The molecule has 1 aliphatic rings. The Labute approximate surface area is 242 Å². The Bertz CT molecular complexity index is 1310. The fourth-order valence-electron chi connectivity index (χ4n) is 4.62. The van der Waals surface area contributed by atoms with E-state index in [-0.39, 0.29) is 18.4 Å². The van der Waals surface area contributed by atoms with E-state index in [0.717, 1.165) is 37.7 Å². The van der Waals surface area contributed by atoms with E-state index >= 15 is 0 Å². The largest absolute Gasteiger partial charge is 0.466 e. The van der Waals surface area contributed by atoms with E-state index in [4.69, 9.17) is 14.2 Å². The van der Waals surface area contributed by atoms with Crippen LogP contribution >= 0.6 is 0 Å². The first kappa shape index (κ1) is 31.3. The Morgan fingerprint density at radius 1 is 0.902 bits per heavy atom. The molecule has 1 saturated carbocycles.